The summed E-state index contributed by atoms with van der Waals surface area (Å²) in [6.45, 7) is 1.97. The van der Waals surface area contributed by atoms with E-state index in [1.165, 1.54) is 6.07 Å². The third-order valence-corrected chi connectivity index (χ3v) is 4.21. The summed E-state index contributed by atoms with van der Waals surface area (Å²) in [6, 6.07) is 16.7. The van der Waals surface area contributed by atoms with E-state index in [0.29, 0.717) is 11.3 Å². The zero-order valence-corrected chi connectivity index (χ0v) is 14.8. The van der Waals surface area contributed by atoms with Gasteiger partial charge in [0.25, 0.3) is 0 Å². The summed E-state index contributed by atoms with van der Waals surface area (Å²) in [6.07, 6.45) is 2.23. The van der Waals surface area contributed by atoms with Crippen LogP contribution in [0.2, 0.25) is 0 Å². The Morgan fingerprint density at radius 1 is 1.00 bits per heavy atom. The quantitative estimate of drug-likeness (QED) is 0.628. The number of rotatable bonds is 7. The van der Waals surface area contributed by atoms with Crippen molar-refractivity contribution < 1.29 is 4.39 Å². The van der Waals surface area contributed by atoms with Crippen LogP contribution in [0.15, 0.2) is 54.6 Å². The Morgan fingerprint density at radius 2 is 1.76 bits per heavy atom. The van der Waals surface area contributed by atoms with Crippen LogP contribution in [0.25, 0.3) is 22.2 Å². The smallest absolute Gasteiger partial charge is 0.132 e. The van der Waals surface area contributed by atoms with Crippen molar-refractivity contribution in [1.82, 2.24) is 9.88 Å². The topological polar surface area (TPSA) is 28.2 Å². The molecule has 0 atom stereocenters. The van der Waals surface area contributed by atoms with Crippen molar-refractivity contribution in [1.29, 1.82) is 0 Å². The van der Waals surface area contributed by atoms with Gasteiger partial charge in [0.05, 0.1) is 11.2 Å². The van der Waals surface area contributed by atoms with Crippen molar-refractivity contribution in [3.05, 3.63) is 60.4 Å². The number of hydrogen-bond donors (Lipinski definition) is 1. The normalized spacial score (nSPS) is 11.2. The number of pyridine rings is 1. The Balaban J connectivity index is 1.87. The molecule has 25 heavy (non-hydrogen) atoms. The highest BCUT2D eigenvalue weighted by Crippen LogP contribution is 2.29. The van der Waals surface area contributed by atoms with Crippen molar-refractivity contribution >= 4 is 16.6 Å². The number of nitrogens with zero attached hydrogens (tertiary/aromatic N) is 2. The molecule has 3 nitrogen and oxygen atoms in total. The Morgan fingerprint density at radius 3 is 2.56 bits per heavy atom. The highest BCUT2D eigenvalue weighted by Gasteiger charge is 2.10. The molecule has 0 aliphatic carbocycles. The molecular weight excluding hydrogens is 313 g/mol. The van der Waals surface area contributed by atoms with Crippen molar-refractivity contribution in [2.75, 3.05) is 32.5 Å². The van der Waals surface area contributed by atoms with E-state index < -0.39 is 0 Å². The lowest BCUT2D eigenvalue weighted by atomic mass is 10.1. The fraction of sp³-hybridized carbons (Fsp3) is 0.286. The van der Waals surface area contributed by atoms with Gasteiger partial charge in [0.15, 0.2) is 0 Å². The van der Waals surface area contributed by atoms with Crippen LogP contribution in [0.1, 0.15) is 12.8 Å². The molecule has 0 aliphatic rings. The minimum absolute atomic E-state index is 0.248. The summed E-state index contributed by atoms with van der Waals surface area (Å²) in [5.74, 6) is -0.248. The first-order chi connectivity index (χ1) is 12.1. The average Bonchev–Trinajstić information content (AvgIpc) is 2.61. The lowest BCUT2D eigenvalue weighted by Crippen LogP contribution is -2.14. The van der Waals surface area contributed by atoms with E-state index in [1.807, 2.05) is 30.3 Å². The number of anilines is 1. The van der Waals surface area contributed by atoms with Crippen LogP contribution in [-0.4, -0.2) is 37.1 Å². The molecule has 0 radical (unpaired) electrons. The standard InChI is InChI=1S/C21H24FN3/c1-25(2)14-8-7-13-23-20-15-21(16-9-3-5-11-18(16)22)24-19-12-6-4-10-17(19)20/h3-6,9-12,15H,7-8,13-14H2,1-2H3,(H,23,24). The summed E-state index contributed by atoms with van der Waals surface area (Å²) in [5.41, 5.74) is 3.07. The Labute approximate surface area is 148 Å². The number of halogens is 1. The molecule has 3 aromatic rings. The minimum atomic E-state index is -0.248. The van der Waals surface area contributed by atoms with Gasteiger partial charge in [-0.25, -0.2) is 9.37 Å². The first kappa shape index (κ1) is 17.4. The SMILES string of the molecule is CN(C)CCCCNc1cc(-c2ccccc2F)nc2ccccc12. The minimum Gasteiger partial charge on any atom is -0.384 e. The summed E-state index contributed by atoms with van der Waals surface area (Å²) in [4.78, 5) is 6.84. The second kappa shape index (κ2) is 8.08. The van der Waals surface area contributed by atoms with Gasteiger partial charge in [0.2, 0.25) is 0 Å². The summed E-state index contributed by atoms with van der Waals surface area (Å²) >= 11 is 0. The first-order valence-corrected chi connectivity index (χ1v) is 8.68. The Hall–Kier alpha value is -2.46. The molecule has 3 rings (SSSR count). The van der Waals surface area contributed by atoms with Gasteiger partial charge in [-0.3, -0.25) is 0 Å². The van der Waals surface area contributed by atoms with E-state index in [2.05, 4.69) is 35.4 Å². The molecule has 0 spiro atoms. The van der Waals surface area contributed by atoms with Crippen LogP contribution in [0.3, 0.4) is 0 Å². The van der Waals surface area contributed by atoms with Crippen LogP contribution < -0.4 is 5.32 Å². The maximum Gasteiger partial charge on any atom is 0.132 e. The molecule has 0 bridgehead atoms. The van der Waals surface area contributed by atoms with E-state index in [4.69, 9.17) is 0 Å². The largest absolute Gasteiger partial charge is 0.384 e. The molecule has 0 fully saturated rings. The number of fused-ring (bicyclic) bond motifs is 1. The monoisotopic (exact) mass is 337 g/mol. The van der Waals surface area contributed by atoms with Gasteiger partial charge in [0, 0.05) is 23.2 Å². The van der Waals surface area contributed by atoms with Gasteiger partial charge < -0.3 is 10.2 Å². The molecule has 0 saturated carbocycles. The molecule has 1 aromatic heterocycles. The number of hydrogen-bond acceptors (Lipinski definition) is 3. The predicted molar refractivity (Wildman–Crippen MR) is 103 cm³/mol. The summed E-state index contributed by atoms with van der Waals surface area (Å²) in [5, 5.41) is 4.58. The number of nitrogens with one attached hydrogen (secondary N) is 1. The molecule has 0 unspecified atom stereocenters. The van der Waals surface area contributed by atoms with Crippen LogP contribution in [-0.2, 0) is 0 Å². The van der Waals surface area contributed by atoms with Crippen LogP contribution in [0, 0.1) is 5.82 Å². The Bertz CT molecular complexity index is 845. The van der Waals surface area contributed by atoms with Gasteiger partial charge in [-0.15, -0.1) is 0 Å². The fourth-order valence-corrected chi connectivity index (χ4v) is 2.90. The zero-order valence-electron chi connectivity index (χ0n) is 14.8. The molecule has 1 heterocycles. The van der Waals surface area contributed by atoms with Crippen LogP contribution >= 0.6 is 0 Å². The highest BCUT2D eigenvalue weighted by molar-refractivity contribution is 5.93. The molecule has 130 valence electrons. The van der Waals surface area contributed by atoms with Crippen molar-refractivity contribution in [3.8, 4) is 11.3 Å². The Kier molecular flexibility index (Phi) is 5.61. The summed E-state index contributed by atoms with van der Waals surface area (Å²) < 4.78 is 14.2. The van der Waals surface area contributed by atoms with Gasteiger partial charge in [-0.05, 0) is 57.7 Å². The van der Waals surface area contributed by atoms with Crippen LogP contribution in [0.4, 0.5) is 10.1 Å². The third kappa shape index (κ3) is 4.34. The van der Waals surface area contributed by atoms with E-state index in [-0.39, 0.29) is 5.82 Å². The van der Waals surface area contributed by atoms with Crippen molar-refractivity contribution in [3.63, 3.8) is 0 Å². The maximum absolute atomic E-state index is 14.2. The second-order valence-corrected chi connectivity index (χ2v) is 6.49. The van der Waals surface area contributed by atoms with E-state index in [9.17, 15) is 4.39 Å². The number of para-hydroxylation sites is 1. The highest BCUT2D eigenvalue weighted by atomic mass is 19.1. The fourth-order valence-electron chi connectivity index (χ4n) is 2.90. The molecule has 1 N–H and O–H groups in total. The predicted octanol–water partition coefficient (Wildman–Crippen LogP) is 4.79. The third-order valence-electron chi connectivity index (χ3n) is 4.21. The number of benzene rings is 2. The maximum atomic E-state index is 14.2. The number of aromatic nitrogens is 1. The lowest BCUT2D eigenvalue weighted by molar-refractivity contribution is 0.396. The van der Waals surface area contributed by atoms with Gasteiger partial charge in [-0.1, -0.05) is 30.3 Å². The van der Waals surface area contributed by atoms with E-state index >= 15 is 0 Å². The molecule has 0 amide bonds. The first-order valence-electron chi connectivity index (χ1n) is 8.68. The van der Waals surface area contributed by atoms with Gasteiger partial charge in [0.1, 0.15) is 5.82 Å². The average molecular weight is 337 g/mol. The molecule has 2 aromatic carbocycles. The molecule has 0 saturated heterocycles. The van der Waals surface area contributed by atoms with Crippen molar-refractivity contribution in [2.24, 2.45) is 0 Å². The molecular formula is C21H24FN3. The van der Waals surface area contributed by atoms with Crippen molar-refractivity contribution in [2.45, 2.75) is 12.8 Å². The van der Waals surface area contributed by atoms with E-state index in [1.54, 1.807) is 12.1 Å². The number of unbranched alkanes of at least 4 members (excludes halogenated alkanes) is 1. The van der Waals surface area contributed by atoms with Gasteiger partial charge in [-0.2, -0.15) is 0 Å². The summed E-state index contributed by atoms with van der Waals surface area (Å²) in [7, 11) is 4.18. The second-order valence-electron chi connectivity index (χ2n) is 6.49. The van der Waals surface area contributed by atoms with Crippen LogP contribution in [0.5, 0.6) is 0 Å². The zero-order chi connectivity index (χ0) is 17.6. The molecule has 0 aliphatic heterocycles. The lowest BCUT2D eigenvalue weighted by Gasteiger charge is -2.13. The molecule has 4 heteroatoms. The van der Waals surface area contributed by atoms with Gasteiger partial charge >= 0.3 is 0 Å². The van der Waals surface area contributed by atoms with E-state index in [0.717, 1.165) is 42.5 Å².